The summed E-state index contributed by atoms with van der Waals surface area (Å²) in [6.45, 7) is 0. The predicted molar refractivity (Wildman–Crippen MR) is 48.3 cm³/mol. The van der Waals surface area contributed by atoms with Crippen LogP contribution in [0.3, 0.4) is 0 Å². The lowest BCUT2D eigenvalue weighted by Gasteiger charge is -1.98. The Morgan fingerprint density at radius 3 is 3.23 bits per heavy atom. The molecule has 0 amide bonds. The maximum atomic E-state index is 10.0. The van der Waals surface area contributed by atoms with Gasteiger partial charge in [0, 0.05) is 6.20 Å². The van der Waals surface area contributed by atoms with E-state index in [0.29, 0.717) is 11.4 Å². The first kappa shape index (κ1) is 9.27. The molecule has 0 aromatic carbocycles. The highest BCUT2D eigenvalue weighted by Crippen LogP contribution is 2.11. The Morgan fingerprint density at radius 2 is 2.54 bits per heavy atom. The van der Waals surface area contributed by atoms with Crippen LogP contribution in [0.15, 0.2) is 18.3 Å². The molecule has 0 atom stereocenters. The molecule has 0 unspecified atom stereocenters. The molecule has 0 aliphatic rings. The van der Waals surface area contributed by atoms with E-state index in [9.17, 15) is 4.79 Å². The van der Waals surface area contributed by atoms with Crippen molar-refractivity contribution in [3.8, 4) is 17.7 Å². The topological polar surface area (TPSA) is 39.2 Å². The van der Waals surface area contributed by atoms with Crippen molar-refractivity contribution in [2.45, 2.75) is 6.42 Å². The number of aldehydes is 1. The van der Waals surface area contributed by atoms with Crippen LogP contribution >= 0.6 is 0 Å². The van der Waals surface area contributed by atoms with Crippen LogP contribution in [-0.4, -0.2) is 18.4 Å². The van der Waals surface area contributed by atoms with Gasteiger partial charge in [0.2, 0.25) is 5.88 Å². The first-order valence-corrected chi connectivity index (χ1v) is 3.80. The minimum atomic E-state index is 0.234. The number of rotatable bonds is 2. The van der Waals surface area contributed by atoms with Crippen molar-refractivity contribution in [1.82, 2.24) is 4.98 Å². The van der Waals surface area contributed by atoms with Crippen LogP contribution in [0.1, 0.15) is 12.0 Å². The van der Waals surface area contributed by atoms with Crippen molar-refractivity contribution in [2.24, 2.45) is 0 Å². The molecule has 1 aromatic rings. The number of hydrogen-bond donors (Lipinski definition) is 0. The first-order chi connectivity index (χ1) is 6.38. The molecule has 1 heterocycles. The number of hydrogen-bond acceptors (Lipinski definition) is 3. The zero-order valence-corrected chi connectivity index (χ0v) is 7.28. The molecule has 1 rings (SSSR count). The zero-order valence-electron chi connectivity index (χ0n) is 7.28. The number of carbonyl (C=O) groups is 1. The molecule has 0 fully saturated rings. The minimum absolute atomic E-state index is 0.234. The Hall–Kier alpha value is -1.82. The van der Waals surface area contributed by atoms with E-state index in [-0.39, 0.29) is 6.42 Å². The first-order valence-electron chi connectivity index (χ1n) is 3.80. The lowest BCUT2D eigenvalue weighted by Crippen LogP contribution is -1.90. The summed E-state index contributed by atoms with van der Waals surface area (Å²) in [4.78, 5) is 14.0. The minimum Gasteiger partial charge on any atom is -0.480 e. The van der Waals surface area contributed by atoms with E-state index in [1.807, 2.05) is 0 Å². The van der Waals surface area contributed by atoms with Gasteiger partial charge in [0.1, 0.15) is 6.29 Å². The average molecular weight is 175 g/mol. The van der Waals surface area contributed by atoms with E-state index < -0.39 is 0 Å². The number of carbonyl (C=O) groups excluding carboxylic acids is 1. The van der Waals surface area contributed by atoms with E-state index in [0.717, 1.165) is 6.29 Å². The predicted octanol–water partition coefficient (Wildman–Crippen LogP) is 1.03. The lowest BCUT2D eigenvalue weighted by molar-refractivity contribution is -0.107. The van der Waals surface area contributed by atoms with Crippen LogP contribution in [0.2, 0.25) is 0 Å². The smallest absolute Gasteiger partial charge is 0.229 e. The fourth-order valence-electron chi connectivity index (χ4n) is 0.837. The molecule has 66 valence electrons. The van der Waals surface area contributed by atoms with Gasteiger partial charge >= 0.3 is 0 Å². The molecule has 1 aromatic heterocycles. The third kappa shape index (κ3) is 2.60. The molecule has 0 aliphatic carbocycles. The molecule has 0 saturated heterocycles. The van der Waals surface area contributed by atoms with Gasteiger partial charge in [-0.2, -0.15) is 0 Å². The normalized spacial score (nSPS) is 8.38. The highest BCUT2D eigenvalue weighted by molar-refractivity contribution is 5.55. The van der Waals surface area contributed by atoms with Crippen LogP contribution in [0.4, 0.5) is 0 Å². The number of ether oxygens (including phenoxy) is 1. The second-order valence-corrected chi connectivity index (χ2v) is 2.23. The summed E-state index contributed by atoms with van der Waals surface area (Å²) in [5, 5.41) is 0. The maximum Gasteiger partial charge on any atom is 0.229 e. The molecular weight excluding hydrogens is 166 g/mol. The third-order valence-electron chi connectivity index (χ3n) is 1.37. The van der Waals surface area contributed by atoms with Gasteiger partial charge in [-0.3, -0.25) is 0 Å². The highest BCUT2D eigenvalue weighted by atomic mass is 16.5. The molecule has 0 spiro atoms. The lowest BCUT2D eigenvalue weighted by atomic mass is 10.2. The van der Waals surface area contributed by atoms with Crippen molar-refractivity contribution in [2.75, 3.05) is 7.11 Å². The molecule has 0 saturated carbocycles. The quantitative estimate of drug-likeness (QED) is 0.497. The van der Waals surface area contributed by atoms with Crippen molar-refractivity contribution >= 4 is 6.29 Å². The summed E-state index contributed by atoms with van der Waals surface area (Å²) < 4.78 is 4.97. The van der Waals surface area contributed by atoms with Crippen LogP contribution in [0, 0.1) is 11.8 Å². The standard InChI is InChI=1S/C10H9NO2/c1-13-10-9(5-2-3-8-12)6-4-7-11-10/h4,6-8H,3H2,1H3. The van der Waals surface area contributed by atoms with Crippen molar-refractivity contribution in [3.05, 3.63) is 23.9 Å². The zero-order chi connectivity index (χ0) is 9.52. The number of nitrogens with zero attached hydrogens (tertiary/aromatic N) is 1. The molecule has 13 heavy (non-hydrogen) atoms. The molecular formula is C10H9NO2. The Labute approximate surface area is 76.8 Å². The number of aromatic nitrogens is 1. The van der Waals surface area contributed by atoms with Crippen molar-refractivity contribution in [1.29, 1.82) is 0 Å². The average Bonchev–Trinajstić information content (AvgIpc) is 2.19. The molecule has 0 aliphatic heterocycles. The monoisotopic (exact) mass is 175 g/mol. The fraction of sp³-hybridized carbons (Fsp3) is 0.200. The van der Waals surface area contributed by atoms with Crippen molar-refractivity contribution < 1.29 is 9.53 Å². The van der Waals surface area contributed by atoms with Gasteiger partial charge < -0.3 is 9.53 Å². The van der Waals surface area contributed by atoms with Crippen LogP contribution < -0.4 is 4.74 Å². The second-order valence-electron chi connectivity index (χ2n) is 2.23. The Morgan fingerprint density at radius 1 is 1.69 bits per heavy atom. The van der Waals surface area contributed by atoms with E-state index >= 15 is 0 Å². The van der Waals surface area contributed by atoms with Gasteiger partial charge in [-0.15, -0.1) is 0 Å². The van der Waals surface area contributed by atoms with Crippen LogP contribution in [0.5, 0.6) is 5.88 Å². The van der Waals surface area contributed by atoms with Gasteiger partial charge in [0.05, 0.1) is 19.1 Å². The van der Waals surface area contributed by atoms with Crippen LogP contribution in [0.25, 0.3) is 0 Å². The summed E-state index contributed by atoms with van der Waals surface area (Å²) in [6, 6.07) is 3.57. The Kier molecular flexibility index (Phi) is 3.52. The summed E-state index contributed by atoms with van der Waals surface area (Å²) in [5.74, 6) is 5.97. The van der Waals surface area contributed by atoms with E-state index in [1.165, 1.54) is 7.11 Å². The van der Waals surface area contributed by atoms with E-state index in [2.05, 4.69) is 16.8 Å². The van der Waals surface area contributed by atoms with E-state index in [4.69, 9.17) is 4.74 Å². The molecule has 0 bridgehead atoms. The van der Waals surface area contributed by atoms with Gasteiger partial charge in [-0.05, 0) is 12.1 Å². The molecule has 3 nitrogen and oxygen atoms in total. The largest absolute Gasteiger partial charge is 0.480 e. The number of methoxy groups -OCH3 is 1. The van der Waals surface area contributed by atoms with Crippen molar-refractivity contribution in [3.63, 3.8) is 0 Å². The Balaban J connectivity index is 2.88. The third-order valence-corrected chi connectivity index (χ3v) is 1.37. The fourth-order valence-corrected chi connectivity index (χ4v) is 0.837. The molecule has 3 heteroatoms. The summed E-state index contributed by atoms with van der Waals surface area (Å²) in [7, 11) is 1.53. The van der Waals surface area contributed by atoms with Gasteiger partial charge in [0.25, 0.3) is 0 Å². The number of pyridine rings is 1. The summed E-state index contributed by atoms with van der Waals surface area (Å²) in [6.07, 6.45) is 2.62. The maximum absolute atomic E-state index is 10.0. The summed E-state index contributed by atoms with van der Waals surface area (Å²) in [5.41, 5.74) is 0.701. The second kappa shape index (κ2) is 4.94. The highest BCUT2D eigenvalue weighted by Gasteiger charge is 1.97. The summed E-state index contributed by atoms with van der Waals surface area (Å²) >= 11 is 0. The van der Waals surface area contributed by atoms with Gasteiger partial charge in [0.15, 0.2) is 0 Å². The molecule has 0 N–H and O–H groups in total. The SMILES string of the molecule is COc1ncccc1C#CCC=O. The van der Waals surface area contributed by atoms with Crippen LogP contribution in [-0.2, 0) is 4.79 Å². The van der Waals surface area contributed by atoms with Gasteiger partial charge in [-0.25, -0.2) is 4.98 Å². The van der Waals surface area contributed by atoms with Gasteiger partial charge in [-0.1, -0.05) is 11.8 Å². The Bertz CT molecular complexity index is 349. The van der Waals surface area contributed by atoms with E-state index in [1.54, 1.807) is 18.3 Å². The molecule has 0 radical (unpaired) electrons.